The van der Waals surface area contributed by atoms with E-state index in [2.05, 4.69) is 4.99 Å². The molecule has 150 valence electrons. The van der Waals surface area contributed by atoms with Crippen molar-refractivity contribution in [1.82, 2.24) is 0 Å². The van der Waals surface area contributed by atoms with Gasteiger partial charge in [0, 0.05) is 5.56 Å². The zero-order chi connectivity index (χ0) is 21.1. The Hall–Kier alpha value is -3.73. The van der Waals surface area contributed by atoms with Crippen LogP contribution in [0.5, 0.6) is 5.75 Å². The molecular weight excluding hydrogens is 379 g/mol. The van der Waals surface area contributed by atoms with Crippen molar-refractivity contribution in [3.63, 3.8) is 0 Å². The molecule has 4 nitrogen and oxygen atoms in total. The summed E-state index contributed by atoms with van der Waals surface area (Å²) in [4.78, 5) is 19.4. The number of aryl methyl sites for hydroxylation is 1. The highest BCUT2D eigenvalue weighted by Gasteiger charge is 2.32. The Morgan fingerprint density at radius 2 is 1.63 bits per heavy atom. The van der Waals surface area contributed by atoms with Crippen LogP contribution in [0.4, 0.5) is 10.1 Å². The van der Waals surface area contributed by atoms with E-state index in [1.165, 1.54) is 12.1 Å². The van der Waals surface area contributed by atoms with Crippen LogP contribution in [0, 0.1) is 12.7 Å². The largest absolute Gasteiger partial charge is 0.494 e. The minimum atomic E-state index is -0.337. The number of hydrogen-bond acceptors (Lipinski definition) is 3. The molecule has 4 rings (SSSR count). The predicted molar refractivity (Wildman–Crippen MR) is 117 cm³/mol. The summed E-state index contributed by atoms with van der Waals surface area (Å²) in [5.41, 5.74) is 3.63. The van der Waals surface area contributed by atoms with E-state index in [1.807, 2.05) is 62.4 Å². The molecule has 1 heterocycles. The van der Waals surface area contributed by atoms with Gasteiger partial charge in [-0.05, 0) is 74.0 Å². The van der Waals surface area contributed by atoms with Crippen molar-refractivity contribution >= 4 is 23.5 Å². The minimum Gasteiger partial charge on any atom is -0.494 e. The van der Waals surface area contributed by atoms with Gasteiger partial charge in [0.2, 0.25) is 0 Å². The second-order valence-electron chi connectivity index (χ2n) is 6.95. The molecule has 0 fully saturated rings. The molecule has 3 aromatic rings. The van der Waals surface area contributed by atoms with E-state index in [0.29, 0.717) is 29.4 Å². The van der Waals surface area contributed by atoms with Crippen LogP contribution < -0.4 is 9.64 Å². The van der Waals surface area contributed by atoms with E-state index >= 15 is 0 Å². The molecule has 0 N–H and O–H groups in total. The van der Waals surface area contributed by atoms with E-state index in [0.717, 1.165) is 16.9 Å². The van der Waals surface area contributed by atoms with Crippen molar-refractivity contribution < 1.29 is 13.9 Å². The first-order valence-corrected chi connectivity index (χ1v) is 9.75. The van der Waals surface area contributed by atoms with E-state index in [-0.39, 0.29) is 11.7 Å². The van der Waals surface area contributed by atoms with Crippen LogP contribution in [0.15, 0.2) is 83.5 Å². The van der Waals surface area contributed by atoms with Crippen LogP contribution in [0.2, 0.25) is 0 Å². The maximum Gasteiger partial charge on any atom is 0.282 e. The maximum absolute atomic E-state index is 13.4. The number of rotatable bonds is 5. The van der Waals surface area contributed by atoms with Crippen molar-refractivity contribution in [1.29, 1.82) is 0 Å². The first kappa shape index (κ1) is 19.6. The predicted octanol–water partition coefficient (Wildman–Crippen LogP) is 5.37. The fraction of sp³-hybridized carbons (Fsp3) is 0.120. The molecule has 0 bridgehead atoms. The number of carbonyl (C=O) groups is 1. The van der Waals surface area contributed by atoms with Gasteiger partial charge in [0.05, 0.1) is 12.3 Å². The number of ether oxygens (including phenoxy) is 1. The molecule has 0 saturated heterocycles. The van der Waals surface area contributed by atoms with Crippen molar-refractivity contribution in [2.75, 3.05) is 11.5 Å². The van der Waals surface area contributed by atoms with Gasteiger partial charge in [-0.25, -0.2) is 9.38 Å². The Morgan fingerprint density at radius 1 is 0.967 bits per heavy atom. The molecule has 1 amide bonds. The number of carbonyl (C=O) groups excluding carboxylic acids is 1. The standard InChI is InChI=1S/C25H21FN2O2/c1-3-30-22-14-6-18(7-15-22)16-23-25(29)28(21-12-4-17(2)5-13-21)24(27-23)19-8-10-20(26)11-9-19/h4-16H,3H2,1-2H3/b23-16+. The molecule has 0 aromatic heterocycles. The summed E-state index contributed by atoms with van der Waals surface area (Å²) in [5.74, 6) is 0.679. The Bertz CT molecular complexity index is 1120. The zero-order valence-corrected chi connectivity index (χ0v) is 16.8. The van der Waals surface area contributed by atoms with Crippen LogP contribution in [0.25, 0.3) is 6.08 Å². The number of anilines is 1. The lowest BCUT2D eigenvalue weighted by atomic mass is 10.1. The van der Waals surface area contributed by atoms with E-state index in [4.69, 9.17) is 4.74 Å². The second-order valence-corrected chi connectivity index (χ2v) is 6.95. The number of benzene rings is 3. The Labute approximate surface area is 175 Å². The van der Waals surface area contributed by atoms with E-state index in [1.54, 1.807) is 23.1 Å². The third-order valence-electron chi connectivity index (χ3n) is 4.75. The van der Waals surface area contributed by atoms with Crippen molar-refractivity contribution in [3.8, 4) is 5.75 Å². The zero-order valence-electron chi connectivity index (χ0n) is 16.8. The Balaban J connectivity index is 1.75. The molecule has 0 unspecified atom stereocenters. The summed E-state index contributed by atoms with van der Waals surface area (Å²) in [6.07, 6.45) is 1.75. The molecule has 0 saturated carbocycles. The number of amides is 1. The SMILES string of the molecule is CCOc1ccc(/C=C2/N=C(c3ccc(F)cc3)N(c3ccc(C)cc3)C2=O)cc1. The monoisotopic (exact) mass is 400 g/mol. The number of hydrogen-bond donors (Lipinski definition) is 0. The average molecular weight is 400 g/mol. The fourth-order valence-electron chi connectivity index (χ4n) is 3.23. The van der Waals surface area contributed by atoms with Gasteiger partial charge < -0.3 is 4.74 Å². The van der Waals surface area contributed by atoms with E-state index in [9.17, 15) is 9.18 Å². The molecular formula is C25H21FN2O2. The molecule has 0 atom stereocenters. The Kier molecular flexibility index (Phi) is 5.44. The maximum atomic E-state index is 13.4. The van der Waals surface area contributed by atoms with Gasteiger partial charge in [0.15, 0.2) is 0 Å². The van der Waals surface area contributed by atoms with Crippen molar-refractivity contribution in [2.24, 2.45) is 4.99 Å². The van der Waals surface area contributed by atoms with Crippen molar-refractivity contribution in [2.45, 2.75) is 13.8 Å². The minimum absolute atomic E-state index is 0.230. The number of aliphatic imine (C=N–C) groups is 1. The van der Waals surface area contributed by atoms with Gasteiger partial charge in [-0.3, -0.25) is 9.69 Å². The first-order valence-electron chi connectivity index (χ1n) is 9.75. The van der Waals surface area contributed by atoms with Crippen LogP contribution in [-0.2, 0) is 4.79 Å². The van der Waals surface area contributed by atoms with Gasteiger partial charge in [-0.15, -0.1) is 0 Å². The molecule has 1 aliphatic rings. The topological polar surface area (TPSA) is 41.9 Å². The van der Waals surface area contributed by atoms with Gasteiger partial charge >= 0.3 is 0 Å². The summed E-state index contributed by atoms with van der Waals surface area (Å²) >= 11 is 0. The summed E-state index contributed by atoms with van der Waals surface area (Å²) in [6.45, 7) is 4.51. The van der Waals surface area contributed by atoms with Gasteiger partial charge in [-0.1, -0.05) is 29.8 Å². The highest BCUT2D eigenvalue weighted by molar-refractivity contribution is 6.33. The van der Waals surface area contributed by atoms with Gasteiger partial charge in [0.1, 0.15) is 23.1 Å². The average Bonchev–Trinajstić information content (AvgIpc) is 3.07. The number of halogens is 1. The highest BCUT2D eigenvalue weighted by Crippen LogP contribution is 2.28. The van der Waals surface area contributed by atoms with E-state index < -0.39 is 0 Å². The molecule has 30 heavy (non-hydrogen) atoms. The first-order chi connectivity index (χ1) is 14.5. The van der Waals surface area contributed by atoms with Crippen LogP contribution in [0.1, 0.15) is 23.6 Å². The third-order valence-corrected chi connectivity index (χ3v) is 4.75. The third kappa shape index (κ3) is 4.01. The second kappa shape index (κ2) is 8.33. The summed E-state index contributed by atoms with van der Waals surface area (Å²) in [7, 11) is 0. The molecule has 0 spiro atoms. The smallest absolute Gasteiger partial charge is 0.282 e. The lowest BCUT2D eigenvalue weighted by Gasteiger charge is -2.18. The Morgan fingerprint density at radius 3 is 2.27 bits per heavy atom. The molecule has 0 aliphatic carbocycles. The van der Waals surface area contributed by atoms with Crippen LogP contribution >= 0.6 is 0 Å². The van der Waals surface area contributed by atoms with Crippen molar-refractivity contribution in [3.05, 3.63) is 101 Å². The van der Waals surface area contributed by atoms with Crippen LogP contribution in [-0.4, -0.2) is 18.3 Å². The lowest BCUT2D eigenvalue weighted by molar-refractivity contribution is -0.113. The number of nitrogens with zero attached hydrogens (tertiary/aromatic N) is 2. The normalized spacial score (nSPS) is 14.9. The summed E-state index contributed by atoms with van der Waals surface area (Å²) in [6, 6.07) is 21.1. The van der Waals surface area contributed by atoms with Gasteiger partial charge in [-0.2, -0.15) is 0 Å². The summed E-state index contributed by atoms with van der Waals surface area (Å²) < 4.78 is 18.9. The molecule has 1 aliphatic heterocycles. The molecule has 0 radical (unpaired) electrons. The highest BCUT2D eigenvalue weighted by atomic mass is 19.1. The number of amidine groups is 1. The summed E-state index contributed by atoms with van der Waals surface area (Å²) in [5, 5.41) is 0. The quantitative estimate of drug-likeness (QED) is 0.541. The molecule has 5 heteroatoms. The molecule has 3 aromatic carbocycles. The van der Waals surface area contributed by atoms with Gasteiger partial charge in [0.25, 0.3) is 5.91 Å². The van der Waals surface area contributed by atoms with Crippen LogP contribution in [0.3, 0.4) is 0 Å². The lowest BCUT2D eigenvalue weighted by Crippen LogP contribution is -2.32. The fourth-order valence-corrected chi connectivity index (χ4v) is 3.23.